The fraction of sp³-hybridized carbons (Fsp3) is 0.412. The molecule has 1 aromatic heterocycles. The van der Waals surface area contributed by atoms with Crippen LogP contribution in [-0.4, -0.2) is 47.1 Å². The Balaban J connectivity index is 1.61. The van der Waals surface area contributed by atoms with Gasteiger partial charge in [0.15, 0.2) is 6.61 Å². The number of rotatable bonds is 5. The van der Waals surface area contributed by atoms with Gasteiger partial charge in [0.25, 0.3) is 5.91 Å². The molecule has 1 fully saturated rings. The minimum atomic E-state index is -0.126. The molecule has 1 aromatic carbocycles. The highest BCUT2D eigenvalue weighted by atomic mass is 16.5. The van der Waals surface area contributed by atoms with Crippen molar-refractivity contribution in [2.45, 2.75) is 19.1 Å². The van der Waals surface area contributed by atoms with Crippen LogP contribution >= 0.6 is 0 Å². The molecule has 3 rings (SSSR count). The molecule has 0 saturated carbocycles. The molecule has 1 saturated heterocycles. The zero-order valence-corrected chi connectivity index (χ0v) is 13.4. The number of carbonyl (C=O) groups excluding carboxylic acids is 1. The monoisotopic (exact) mass is 314 g/mol. The number of hydrogen-bond acceptors (Lipinski definition) is 4. The zero-order valence-electron chi connectivity index (χ0n) is 13.4. The van der Waals surface area contributed by atoms with Crippen molar-refractivity contribution in [3.05, 3.63) is 36.7 Å². The Labute approximate surface area is 135 Å². The molecule has 1 atom stereocenters. The number of nitrogens with zero attached hydrogens (tertiary/aromatic N) is 3. The molecule has 1 radical (unpaired) electrons. The van der Waals surface area contributed by atoms with Gasteiger partial charge in [-0.2, -0.15) is 5.10 Å². The van der Waals surface area contributed by atoms with Crippen LogP contribution in [0.25, 0.3) is 11.1 Å². The first kappa shape index (κ1) is 15.6. The van der Waals surface area contributed by atoms with Crippen LogP contribution in [0.1, 0.15) is 12.8 Å². The number of hydrogen-bond donors (Lipinski definition) is 0. The predicted molar refractivity (Wildman–Crippen MR) is 84.7 cm³/mol. The fourth-order valence-electron chi connectivity index (χ4n) is 2.54. The second-order valence-electron chi connectivity index (χ2n) is 5.62. The molecule has 6 nitrogen and oxygen atoms in total. The van der Waals surface area contributed by atoms with Gasteiger partial charge < -0.3 is 14.4 Å². The van der Waals surface area contributed by atoms with Crippen LogP contribution in [0.2, 0.25) is 0 Å². The molecule has 0 spiro atoms. The summed E-state index contributed by atoms with van der Waals surface area (Å²) in [5.74, 6) is 0.518. The summed E-state index contributed by atoms with van der Waals surface area (Å²) in [4.78, 5) is 13.8. The van der Waals surface area contributed by atoms with Crippen molar-refractivity contribution in [3.8, 4) is 16.9 Å². The Morgan fingerprint density at radius 1 is 1.52 bits per heavy atom. The number of aryl methyl sites for hydroxylation is 1. The maximum Gasteiger partial charge on any atom is 0.262 e. The topological polar surface area (TPSA) is 56.6 Å². The van der Waals surface area contributed by atoms with Crippen molar-refractivity contribution in [1.82, 2.24) is 14.7 Å². The SMILES string of the molecule is CN(C(=O)COc1c[c]cc(-c2cnn(C)c2)c1)[C@H]1CCCO1. The van der Waals surface area contributed by atoms with E-state index in [0.717, 1.165) is 24.0 Å². The van der Waals surface area contributed by atoms with Crippen molar-refractivity contribution >= 4 is 5.91 Å². The number of aromatic nitrogens is 2. The molecule has 0 unspecified atom stereocenters. The minimum absolute atomic E-state index is 0.0132. The van der Waals surface area contributed by atoms with Crippen LogP contribution in [0.15, 0.2) is 30.6 Å². The summed E-state index contributed by atoms with van der Waals surface area (Å²) < 4.78 is 12.9. The summed E-state index contributed by atoms with van der Waals surface area (Å²) in [5, 5.41) is 4.15. The van der Waals surface area contributed by atoms with Gasteiger partial charge in [-0.05, 0) is 42.7 Å². The molecule has 1 aliphatic rings. The van der Waals surface area contributed by atoms with Crippen molar-refractivity contribution in [1.29, 1.82) is 0 Å². The molecule has 0 aliphatic carbocycles. The lowest BCUT2D eigenvalue weighted by molar-refractivity contribution is -0.141. The molecule has 2 aromatic rings. The number of ether oxygens (including phenoxy) is 2. The zero-order chi connectivity index (χ0) is 16.2. The predicted octanol–water partition coefficient (Wildman–Crippen LogP) is 1.86. The van der Waals surface area contributed by atoms with E-state index in [2.05, 4.69) is 11.2 Å². The first-order chi connectivity index (χ1) is 11.1. The lowest BCUT2D eigenvalue weighted by Crippen LogP contribution is -2.39. The lowest BCUT2D eigenvalue weighted by atomic mass is 10.1. The fourth-order valence-corrected chi connectivity index (χ4v) is 2.54. The Morgan fingerprint density at radius 3 is 3.09 bits per heavy atom. The molecular formula is C17H20N3O3. The highest BCUT2D eigenvalue weighted by molar-refractivity contribution is 5.77. The second kappa shape index (κ2) is 6.83. The standard InChI is InChI=1S/C17H20N3O3/c1-19-11-14(10-18-19)13-5-3-6-15(9-13)23-12-16(21)20(2)17-7-4-8-22-17/h5-6,9-11,17H,4,7-8,12H2,1-2H3/t17-/m1/s1. The van der Waals surface area contributed by atoms with Crippen LogP contribution < -0.4 is 4.74 Å². The smallest absolute Gasteiger partial charge is 0.262 e. The van der Waals surface area contributed by atoms with Gasteiger partial charge in [-0.15, -0.1) is 0 Å². The summed E-state index contributed by atoms with van der Waals surface area (Å²) in [5.41, 5.74) is 1.94. The normalized spacial score (nSPS) is 17.2. The average Bonchev–Trinajstić information content (AvgIpc) is 3.23. The van der Waals surface area contributed by atoms with E-state index in [9.17, 15) is 4.79 Å². The molecular weight excluding hydrogens is 294 g/mol. The number of benzene rings is 1. The summed E-state index contributed by atoms with van der Waals surface area (Å²) in [6, 6.07) is 8.50. The van der Waals surface area contributed by atoms with Crippen molar-refractivity contribution in [2.24, 2.45) is 7.05 Å². The van der Waals surface area contributed by atoms with E-state index in [4.69, 9.17) is 9.47 Å². The van der Waals surface area contributed by atoms with E-state index in [1.54, 1.807) is 28.9 Å². The van der Waals surface area contributed by atoms with E-state index in [1.165, 1.54) is 0 Å². The maximum absolute atomic E-state index is 12.2. The number of amides is 1. The average molecular weight is 314 g/mol. The van der Waals surface area contributed by atoms with Crippen molar-refractivity contribution in [2.75, 3.05) is 20.3 Å². The second-order valence-corrected chi connectivity index (χ2v) is 5.62. The van der Waals surface area contributed by atoms with Gasteiger partial charge in [-0.25, -0.2) is 0 Å². The van der Waals surface area contributed by atoms with Crippen LogP contribution in [0.5, 0.6) is 5.75 Å². The molecule has 23 heavy (non-hydrogen) atoms. The van der Waals surface area contributed by atoms with Crippen molar-refractivity contribution < 1.29 is 14.3 Å². The van der Waals surface area contributed by atoms with Gasteiger partial charge >= 0.3 is 0 Å². The van der Waals surface area contributed by atoms with Crippen LogP contribution in [0, 0.1) is 6.07 Å². The van der Waals surface area contributed by atoms with Crippen LogP contribution in [-0.2, 0) is 16.6 Å². The summed E-state index contributed by atoms with van der Waals surface area (Å²) in [7, 11) is 3.62. The first-order valence-electron chi connectivity index (χ1n) is 7.64. The third kappa shape index (κ3) is 3.71. The molecule has 0 N–H and O–H groups in total. The maximum atomic E-state index is 12.2. The van der Waals surface area contributed by atoms with Crippen LogP contribution in [0.3, 0.4) is 0 Å². The molecule has 6 heteroatoms. The van der Waals surface area contributed by atoms with Gasteiger partial charge in [-0.3, -0.25) is 9.48 Å². The van der Waals surface area contributed by atoms with E-state index in [0.29, 0.717) is 12.4 Å². The van der Waals surface area contributed by atoms with Crippen LogP contribution in [0.4, 0.5) is 0 Å². The number of carbonyl (C=O) groups is 1. The molecule has 1 aliphatic heterocycles. The van der Waals surface area contributed by atoms with E-state index >= 15 is 0 Å². The largest absolute Gasteiger partial charge is 0.484 e. The van der Waals surface area contributed by atoms with E-state index in [1.807, 2.05) is 25.4 Å². The highest BCUT2D eigenvalue weighted by Gasteiger charge is 2.24. The molecule has 1 amide bonds. The minimum Gasteiger partial charge on any atom is -0.484 e. The summed E-state index contributed by atoms with van der Waals surface area (Å²) in [6.07, 6.45) is 5.45. The van der Waals surface area contributed by atoms with Gasteiger partial charge in [0.2, 0.25) is 0 Å². The van der Waals surface area contributed by atoms with Crippen molar-refractivity contribution in [3.63, 3.8) is 0 Å². The van der Waals surface area contributed by atoms with E-state index in [-0.39, 0.29) is 18.7 Å². The molecule has 2 heterocycles. The number of likely N-dealkylation sites (N-methyl/N-ethyl adjacent to an activating group) is 1. The van der Waals surface area contributed by atoms with Gasteiger partial charge in [0.1, 0.15) is 12.0 Å². The van der Waals surface area contributed by atoms with Gasteiger partial charge in [0, 0.05) is 32.5 Å². The Hall–Kier alpha value is -2.34. The lowest BCUT2D eigenvalue weighted by Gasteiger charge is -2.23. The van der Waals surface area contributed by atoms with Gasteiger partial charge in [-0.1, -0.05) is 0 Å². The Kier molecular flexibility index (Phi) is 4.62. The third-order valence-electron chi connectivity index (χ3n) is 3.89. The van der Waals surface area contributed by atoms with E-state index < -0.39 is 0 Å². The molecule has 0 bridgehead atoms. The summed E-state index contributed by atoms with van der Waals surface area (Å²) >= 11 is 0. The first-order valence-corrected chi connectivity index (χ1v) is 7.64. The quantitative estimate of drug-likeness (QED) is 0.845. The third-order valence-corrected chi connectivity index (χ3v) is 3.89. The Bertz CT molecular complexity index is 677. The highest BCUT2D eigenvalue weighted by Crippen LogP contribution is 2.23. The van der Waals surface area contributed by atoms with Gasteiger partial charge in [0.05, 0.1) is 6.20 Å². The summed E-state index contributed by atoms with van der Waals surface area (Å²) in [6.45, 7) is 0.700. The molecule has 121 valence electrons. The Morgan fingerprint density at radius 2 is 2.39 bits per heavy atom.